The lowest BCUT2D eigenvalue weighted by atomic mass is 9.73. The predicted molar refractivity (Wildman–Crippen MR) is 83.2 cm³/mol. The Bertz CT molecular complexity index is 527. The summed E-state index contributed by atoms with van der Waals surface area (Å²) in [5.74, 6) is 1.96. The summed E-state index contributed by atoms with van der Waals surface area (Å²) in [4.78, 5) is 12.2. The van der Waals surface area contributed by atoms with Gasteiger partial charge in [-0.25, -0.2) is 0 Å². The topological polar surface area (TPSA) is 64.3 Å². The Kier molecular flexibility index (Phi) is 3.79. The summed E-state index contributed by atoms with van der Waals surface area (Å²) < 4.78 is 5.38. The second kappa shape index (κ2) is 5.58. The van der Waals surface area contributed by atoms with Gasteiger partial charge >= 0.3 is 0 Å². The van der Waals surface area contributed by atoms with Crippen LogP contribution in [0.15, 0.2) is 24.3 Å². The van der Waals surface area contributed by atoms with E-state index >= 15 is 0 Å². The number of carbonyl (C=O) groups excluding carboxylic acids is 1. The van der Waals surface area contributed by atoms with Crippen LogP contribution in [0, 0.1) is 11.8 Å². The van der Waals surface area contributed by atoms with E-state index in [1.54, 1.807) is 7.11 Å². The summed E-state index contributed by atoms with van der Waals surface area (Å²) in [6, 6.07) is 7.72. The van der Waals surface area contributed by atoms with Crippen molar-refractivity contribution in [1.29, 1.82) is 0 Å². The number of anilines is 1. The summed E-state index contributed by atoms with van der Waals surface area (Å²) in [7, 11) is 1.64. The van der Waals surface area contributed by atoms with Gasteiger partial charge in [-0.3, -0.25) is 4.79 Å². The number of hydrogen-bond donors (Lipinski definition) is 2. The summed E-state index contributed by atoms with van der Waals surface area (Å²) in [6.45, 7) is 0. The second-order valence-electron chi connectivity index (χ2n) is 6.47. The van der Waals surface area contributed by atoms with Crippen molar-refractivity contribution in [2.45, 2.75) is 44.1 Å². The number of amides is 1. The molecule has 1 aromatic rings. The first-order valence-electron chi connectivity index (χ1n) is 7.86. The van der Waals surface area contributed by atoms with Crippen molar-refractivity contribution in [3.8, 4) is 5.75 Å². The quantitative estimate of drug-likeness (QED) is 0.875. The van der Waals surface area contributed by atoms with Crippen molar-refractivity contribution in [3.63, 3.8) is 0 Å². The van der Waals surface area contributed by atoms with Gasteiger partial charge in [0.2, 0.25) is 5.91 Å². The van der Waals surface area contributed by atoms with Crippen LogP contribution in [0.2, 0.25) is 0 Å². The number of primary amides is 1. The van der Waals surface area contributed by atoms with Crippen LogP contribution in [0.1, 0.15) is 38.5 Å². The number of nitrogens with two attached hydrogens (primary N) is 1. The molecule has 0 spiro atoms. The fourth-order valence-electron chi connectivity index (χ4n) is 3.69. The van der Waals surface area contributed by atoms with Crippen LogP contribution in [0.4, 0.5) is 5.69 Å². The van der Waals surface area contributed by atoms with Crippen molar-refractivity contribution in [2.75, 3.05) is 12.4 Å². The minimum Gasteiger partial charge on any atom is -0.495 e. The molecule has 2 fully saturated rings. The second-order valence-corrected chi connectivity index (χ2v) is 6.47. The number of carbonyl (C=O) groups is 1. The number of nitrogens with one attached hydrogen (secondary N) is 1. The molecule has 2 aliphatic carbocycles. The number of hydrogen-bond acceptors (Lipinski definition) is 3. The smallest absolute Gasteiger partial charge is 0.243 e. The van der Waals surface area contributed by atoms with E-state index < -0.39 is 5.54 Å². The van der Waals surface area contributed by atoms with Gasteiger partial charge in [0.15, 0.2) is 0 Å². The Hall–Kier alpha value is -1.71. The Morgan fingerprint density at radius 3 is 2.71 bits per heavy atom. The molecule has 21 heavy (non-hydrogen) atoms. The van der Waals surface area contributed by atoms with E-state index in [1.807, 2.05) is 24.3 Å². The van der Waals surface area contributed by atoms with Crippen LogP contribution >= 0.6 is 0 Å². The first kappa shape index (κ1) is 14.2. The highest BCUT2D eigenvalue weighted by Gasteiger charge is 2.45. The number of benzene rings is 1. The van der Waals surface area contributed by atoms with Crippen LogP contribution in [-0.2, 0) is 4.79 Å². The highest BCUT2D eigenvalue weighted by molar-refractivity contribution is 5.88. The van der Waals surface area contributed by atoms with E-state index in [0.717, 1.165) is 36.6 Å². The number of para-hydroxylation sites is 2. The highest BCUT2D eigenvalue weighted by Crippen LogP contribution is 2.47. The van der Waals surface area contributed by atoms with Gasteiger partial charge in [-0.05, 0) is 56.1 Å². The lowest BCUT2D eigenvalue weighted by Crippen LogP contribution is -2.53. The molecule has 1 amide bonds. The lowest BCUT2D eigenvalue weighted by molar-refractivity contribution is -0.124. The van der Waals surface area contributed by atoms with E-state index in [1.165, 1.54) is 19.3 Å². The zero-order chi connectivity index (χ0) is 14.9. The van der Waals surface area contributed by atoms with E-state index in [-0.39, 0.29) is 5.91 Å². The van der Waals surface area contributed by atoms with Gasteiger partial charge in [-0.15, -0.1) is 0 Å². The van der Waals surface area contributed by atoms with Gasteiger partial charge < -0.3 is 15.8 Å². The minimum atomic E-state index is -0.625. The SMILES string of the molecule is COc1ccccc1NC1(C(N)=O)CCCC(C2CC2)C1. The fraction of sp³-hybridized carbons (Fsp3) is 0.588. The molecular weight excluding hydrogens is 264 g/mol. The molecule has 0 radical (unpaired) electrons. The zero-order valence-corrected chi connectivity index (χ0v) is 12.6. The zero-order valence-electron chi connectivity index (χ0n) is 12.6. The van der Waals surface area contributed by atoms with Crippen LogP contribution < -0.4 is 15.8 Å². The third-order valence-electron chi connectivity index (χ3n) is 5.03. The maximum Gasteiger partial charge on any atom is 0.243 e. The number of rotatable bonds is 5. The Labute approximate surface area is 126 Å². The highest BCUT2D eigenvalue weighted by atomic mass is 16.5. The van der Waals surface area contributed by atoms with Crippen molar-refractivity contribution in [3.05, 3.63) is 24.3 Å². The van der Waals surface area contributed by atoms with E-state index in [9.17, 15) is 4.79 Å². The minimum absolute atomic E-state index is 0.237. The molecule has 2 atom stereocenters. The molecule has 4 nitrogen and oxygen atoms in total. The van der Waals surface area contributed by atoms with E-state index in [2.05, 4.69) is 5.32 Å². The molecule has 0 saturated heterocycles. The average molecular weight is 288 g/mol. The average Bonchev–Trinajstić information content (AvgIpc) is 3.32. The first-order valence-corrected chi connectivity index (χ1v) is 7.86. The van der Waals surface area contributed by atoms with Gasteiger partial charge in [-0.1, -0.05) is 18.6 Å². The summed E-state index contributed by atoms with van der Waals surface area (Å²) in [6.07, 6.45) is 6.58. The third-order valence-corrected chi connectivity index (χ3v) is 5.03. The van der Waals surface area contributed by atoms with Crippen molar-refractivity contribution in [2.24, 2.45) is 17.6 Å². The predicted octanol–water partition coefficient (Wildman–Crippen LogP) is 2.93. The van der Waals surface area contributed by atoms with E-state index in [4.69, 9.17) is 10.5 Å². The molecule has 2 saturated carbocycles. The number of methoxy groups -OCH3 is 1. The van der Waals surface area contributed by atoms with Gasteiger partial charge in [0.05, 0.1) is 12.8 Å². The molecular formula is C17H24N2O2. The summed E-state index contributed by atoms with van der Waals surface area (Å²) in [5.41, 5.74) is 6.01. The van der Waals surface area contributed by atoms with Gasteiger partial charge in [0, 0.05) is 0 Å². The van der Waals surface area contributed by atoms with Gasteiger partial charge in [0.25, 0.3) is 0 Å². The third kappa shape index (κ3) is 2.85. The maximum atomic E-state index is 12.2. The van der Waals surface area contributed by atoms with E-state index in [0.29, 0.717) is 5.92 Å². The molecule has 4 heteroatoms. The molecule has 0 bridgehead atoms. The molecule has 2 aliphatic rings. The van der Waals surface area contributed by atoms with Crippen LogP contribution in [-0.4, -0.2) is 18.6 Å². The normalized spacial score (nSPS) is 28.9. The largest absolute Gasteiger partial charge is 0.495 e. The fourth-order valence-corrected chi connectivity index (χ4v) is 3.69. The van der Waals surface area contributed by atoms with Gasteiger partial charge in [-0.2, -0.15) is 0 Å². The first-order chi connectivity index (χ1) is 10.1. The summed E-state index contributed by atoms with van der Waals surface area (Å²) >= 11 is 0. The molecule has 0 aromatic heterocycles. The summed E-state index contributed by atoms with van der Waals surface area (Å²) in [5, 5.41) is 3.43. The van der Waals surface area contributed by atoms with Gasteiger partial charge in [0.1, 0.15) is 11.3 Å². The van der Waals surface area contributed by atoms with Crippen molar-refractivity contribution in [1.82, 2.24) is 0 Å². The standard InChI is InChI=1S/C17H24N2O2/c1-21-15-7-3-2-6-14(15)19-17(16(18)20)10-4-5-13(11-17)12-8-9-12/h2-3,6-7,12-13,19H,4-5,8-11H2,1H3,(H2,18,20). The van der Waals surface area contributed by atoms with Crippen LogP contribution in [0.5, 0.6) is 5.75 Å². The molecule has 1 aromatic carbocycles. The Balaban J connectivity index is 1.85. The number of ether oxygens (including phenoxy) is 1. The maximum absolute atomic E-state index is 12.2. The molecule has 2 unspecified atom stereocenters. The molecule has 0 aliphatic heterocycles. The van der Waals surface area contributed by atoms with Crippen LogP contribution in [0.25, 0.3) is 0 Å². The molecule has 114 valence electrons. The molecule has 3 rings (SSSR count). The Morgan fingerprint density at radius 1 is 1.29 bits per heavy atom. The molecule has 0 heterocycles. The lowest BCUT2D eigenvalue weighted by Gasteiger charge is -2.40. The monoisotopic (exact) mass is 288 g/mol. The Morgan fingerprint density at radius 2 is 2.05 bits per heavy atom. The molecule has 3 N–H and O–H groups in total. The van der Waals surface area contributed by atoms with Crippen molar-refractivity contribution < 1.29 is 9.53 Å². The van der Waals surface area contributed by atoms with Crippen LogP contribution in [0.3, 0.4) is 0 Å². The van der Waals surface area contributed by atoms with Crippen molar-refractivity contribution >= 4 is 11.6 Å².